The van der Waals surface area contributed by atoms with Crippen LogP contribution in [-0.2, 0) is 6.54 Å². The Morgan fingerprint density at radius 1 is 1.26 bits per heavy atom. The lowest BCUT2D eigenvalue weighted by atomic mass is 9.79. The van der Waals surface area contributed by atoms with E-state index in [2.05, 4.69) is 52.9 Å². The highest BCUT2D eigenvalue weighted by Gasteiger charge is 2.47. The summed E-state index contributed by atoms with van der Waals surface area (Å²) >= 11 is 0. The van der Waals surface area contributed by atoms with E-state index in [0.29, 0.717) is 17.2 Å². The van der Waals surface area contributed by atoms with Crippen molar-refractivity contribution < 1.29 is 0 Å². The first-order valence-electron chi connectivity index (χ1n) is 8.55. The van der Waals surface area contributed by atoms with Crippen molar-refractivity contribution in [2.24, 2.45) is 5.41 Å². The molecule has 1 spiro atoms. The number of benzene rings is 1. The highest BCUT2D eigenvalue weighted by molar-refractivity contribution is 5.81. The minimum absolute atomic E-state index is 0.550. The Balaban J connectivity index is 1.40. The third kappa shape index (κ3) is 2.65. The van der Waals surface area contributed by atoms with Crippen molar-refractivity contribution in [1.82, 2.24) is 14.8 Å². The maximum Gasteiger partial charge on any atom is 0.118 e. The molecule has 1 N–H and O–H groups in total. The maximum atomic E-state index is 8.99. The first-order chi connectivity index (χ1) is 11.1. The van der Waals surface area contributed by atoms with Gasteiger partial charge in [-0.15, -0.1) is 0 Å². The molecule has 120 valence electrons. The number of aromatic amines is 1. The van der Waals surface area contributed by atoms with E-state index in [1.807, 2.05) is 6.07 Å². The molecular weight excluding hydrogens is 284 g/mol. The van der Waals surface area contributed by atoms with Crippen LogP contribution in [0.15, 0.2) is 24.3 Å². The number of rotatable bonds is 3. The summed E-state index contributed by atoms with van der Waals surface area (Å²) in [5.41, 5.74) is 3.59. The van der Waals surface area contributed by atoms with Crippen LogP contribution in [0.25, 0.3) is 10.9 Å². The van der Waals surface area contributed by atoms with Crippen LogP contribution in [0, 0.1) is 16.7 Å². The molecule has 2 saturated heterocycles. The van der Waals surface area contributed by atoms with Gasteiger partial charge in [0.2, 0.25) is 0 Å². The molecule has 0 saturated carbocycles. The fraction of sp³-hybridized carbons (Fsp3) is 0.526. The topological polar surface area (TPSA) is 46.1 Å². The molecular formula is C19H24N4. The van der Waals surface area contributed by atoms with Gasteiger partial charge in [0.25, 0.3) is 0 Å². The normalized spacial score (nSPS) is 21.1. The Bertz CT molecular complexity index is 761. The van der Waals surface area contributed by atoms with Crippen LogP contribution in [0.4, 0.5) is 0 Å². The molecule has 1 aromatic heterocycles. The van der Waals surface area contributed by atoms with E-state index in [9.17, 15) is 0 Å². The molecule has 0 amide bonds. The van der Waals surface area contributed by atoms with Crippen LogP contribution in [-0.4, -0.2) is 47.0 Å². The van der Waals surface area contributed by atoms with E-state index in [-0.39, 0.29) is 0 Å². The lowest BCUT2D eigenvalue weighted by Crippen LogP contribution is -2.57. The molecule has 2 aliphatic rings. The number of nitriles is 1. The molecule has 0 unspecified atom stereocenters. The first-order valence-corrected chi connectivity index (χ1v) is 8.55. The van der Waals surface area contributed by atoms with Gasteiger partial charge in [0, 0.05) is 48.5 Å². The van der Waals surface area contributed by atoms with Gasteiger partial charge in [0.15, 0.2) is 0 Å². The van der Waals surface area contributed by atoms with E-state index in [1.165, 1.54) is 38.2 Å². The Kier molecular flexibility index (Phi) is 3.44. The molecule has 0 bridgehead atoms. The van der Waals surface area contributed by atoms with Crippen LogP contribution in [0.3, 0.4) is 0 Å². The minimum Gasteiger partial charge on any atom is -0.346 e. The fourth-order valence-electron chi connectivity index (χ4n) is 4.27. The van der Waals surface area contributed by atoms with Crippen molar-refractivity contribution in [1.29, 1.82) is 5.26 Å². The van der Waals surface area contributed by atoms with Gasteiger partial charge in [0.1, 0.15) is 11.8 Å². The van der Waals surface area contributed by atoms with Gasteiger partial charge in [-0.25, -0.2) is 0 Å². The fourth-order valence-corrected chi connectivity index (χ4v) is 4.27. The summed E-state index contributed by atoms with van der Waals surface area (Å²) in [6.07, 6.45) is 1.35. The van der Waals surface area contributed by atoms with Crippen molar-refractivity contribution in [3.63, 3.8) is 0 Å². The molecule has 0 aliphatic carbocycles. The molecule has 2 aromatic rings. The monoisotopic (exact) mass is 308 g/mol. The van der Waals surface area contributed by atoms with Crippen molar-refractivity contribution in [2.75, 3.05) is 26.2 Å². The Morgan fingerprint density at radius 2 is 2.09 bits per heavy atom. The number of H-pyrrole nitrogens is 1. The quantitative estimate of drug-likeness (QED) is 0.948. The largest absolute Gasteiger partial charge is 0.346 e. The highest BCUT2D eigenvalue weighted by Crippen LogP contribution is 2.40. The first kappa shape index (κ1) is 14.7. The Labute approximate surface area is 137 Å². The third-order valence-corrected chi connectivity index (χ3v) is 5.53. The summed E-state index contributed by atoms with van der Waals surface area (Å²) in [4.78, 5) is 8.35. The Morgan fingerprint density at radius 3 is 2.78 bits per heavy atom. The second-order valence-electron chi connectivity index (χ2n) is 7.68. The van der Waals surface area contributed by atoms with Gasteiger partial charge in [-0.05, 0) is 44.5 Å². The van der Waals surface area contributed by atoms with Crippen LogP contribution < -0.4 is 0 Å². The average Bonchev–Trinajstić information content (AvgIpc) is 3.10. The smallest absolute Gasteiger partial charge is 0.118 e. The standard InChI is InChI=1S/C19H24N4/c1-14(2)23-6-5-19(13-23)11-22(12-19)10-15-3-4-16-8-17(9-20)21-18(16)7-15/h3-4,7-8,14,21H,5-6,10-13H2,1-2H3. The van der Waals surface area contributed by atoms with Crippen LogP contribution in [0.1, 0.15) is 31.5 Å². The van der Waals surface area contributed by atoms with Crippen molar-refractivity contribution in [3.8, 4) is 6.07 Å². The zero-order valence-electron chi connectivity index (χ0n) is 14.0. The summed E-state index contributed by atoms with van der Waals surface area (Å²) in [5.74, 6) is 0. The average molecular weight is 308 g/mol. The minimum atomic E-state index is 0.550. The number of likely N-dealkylation sites (tertiary alicyclic amines) is 2. The zero-order chi connectivity index (χ0) is 16.0. The van der Waals surface area contributed by atoms with E-state index >= 15 is 0 Å². The predicted octanol–water partition coefficient (Wildman–Crippen LogP) is 2.96. The maximum absolute atomic E-state index is 8.99. The van der Waals surface area contributed by atoms with Gasteiger partial charge in [-0.3, -0.25) is 4.90 Å². The summed E-state index contributed by atoms with van der Waals surface area (Å²) in [5, 5.41) is 10.1. The van der Waals surface area contributed by atoms with E-state index in [1.54, 1.807) is 0 Å². The predicted molar refractivity (Wildman–Crippen MR) is 92.0 cm³/mol. The molecule has 4 nitrogen and oxygen atoms in total. The molecule has 4 heteroatoms. The number of aromatic nitrogens is 1. The number of nitrogens with one attached hydrogen (secondary N) is 1. The lowest BCUT2D eigenvalue weighted by molar-refractivity contribution is 0.0000756. The number of hydrogen-bond acceptors (Lipinski definition) is 3. The Hall–Kier alpha value is -1.83. The second-order valence-corrected chi connectivity index (χ2v) is 7.68. The van der Waals surface area contributed by atoms with Gasteiger partial charge in [0.05, 0.1) is 0 Å². The summed E-state index contributed by atoms with van der Waals surface area (Å²) in [6.45, 7) is 10.6. The number of fused-ring (bicyclic) bond motifs is 1. The van der Waals surface area contributed by atoms with Crippen molar-refractivity contribution in [3.05, 3.63) is 35.5 Å². The SMILES string of the molecule is CC(C)N1CCC2(CN(Cc3ccc4cc(C#N)[nH]c4c3)C2)C1. The molecule has 3 heterocycles. The van der Waals surface area contributed by atoms with Crippen LogP contribution in [0.5, 0.6) is 0 Å². The van der Waals surface area contributed by atoms with Crippen LogP contribution in [0.2, 0.25) is 0 Å². The van der Waals surface area contributed by atoms with Gasteiger partial charge in [-0.2, -0.15) is 5.26 Å². The van der Waals surface area contributed by atoms with E-state index in [0.717, 1.165) is 17.4 Å². The summed E-state index contributed by atoms with van der Waals surface area (Å²) < 4.78 is 0. The molecule has 2 aliphatic heterocycles. The summed E-state index contributed by atoms with van der Waals surface area (Å²) in [6, 6.07) is 11.3. The molecule has 0 radical (unpaired) electrons. The van der Waals surface area contributed by atoms with Crippen molar-refractivity contribution in [2.45, 2.75) is 32.9 Å². The van der Waals surface area contributed by atoms with Gasteiger partial charge in [-0.1, -0.05) is 12.1 Å². The van der Waals surface area contributed by atoms with E-state index < -0.39 is 0 Å². The number of nitrogens with zero attached hydrogens (tertiary/aromatic N) is 3. The van der Waals surface area contributed by atoms with Crippen LogP contribution >= 0.6 is 0 Å². The molecule has 0 atom stereocenters. The highest BCUT2D eigenvalue weighted by atomic mass is 15.3. The summed E-state index contributed by atoms with van der Waals surface area (Å²) in [7, 11) is 0. The van der Waals surface area contributed by atoms with E-state index in [4.69, 9.17) is 5.26 Å². The zero-order valence-corrected chi connectivity index (χ0v) is 14.0. The molecule has 4 rings (SSSR count). The van der Waals surface area contributed by atoms with Gasteiger partial charge >= 0.3 is 0 Å². The molecule has 2 fully saturated rings. The van der Waals surface area contributed by atoms with Gasteiger partial charge < -0.3 is 9.88 Å². The van der Waals surface area contributed by atoms with Crippen molar-refractivity contribution >= 4 is 10.9 Å². The number of hydrogen-bond donors (Lipinski definition) is 1. The molecule has 1 aromatic carbocycles. The second kappa shape index (κ2) is 5.36. The molecule has 23 heavy (non-hydrogen) atoms. The third-order valence-electron chi connectivity index (χ3n) is 5.53. The lowest BCUT2D eigenvalue weighted by Gasteiger charge is -2.48.